The van der Waals surface area contributed by atoms with E-state index in [0.29, 0.717) is 53.7 Å². The summed E-state index contributed by atoms with van der Waals surface area (Å²) in [6.07, 6.45) is 3.03. The summed E-state index contributed by atoms with van der Waals surface area (Å²) in [7, 11) is 1.59. The van der Waals surface area contributed by atoms with Gasteiger partial charge in [-0.05, 0) is 58.1 Å². The van der Waals surface area contributed by atoms with Crippen LogP contribution in [0.15, 0.2) is 23.3 Å². The minimum absolute atomic E-state index is 0.0379. The number of amides is 1. The van der Waals surface area contributed by atoms with Gasteiger partial charge in [-0.2, -0.15) is 0 Å². The SMILES string of the molecule is COc1ccc(Cl)c(Cl)c1C1Cc2ncn([C@H]3CCN(C(=O)OC(C)(C)C)C3)c(=O)c2C1. The van der Waals surface area contributed by atoms with Crippen LogP contribution in [0.2, 0.25) is 10.0 Å². The van der Waals surface area contributed by atoms with Crippen LogP contribution in [-0.4, -0.2) is 46.3 Å². The van der Waals surface area contributed by atoms with Gasteiger partial charge in [-0.3, -0.25) is 9.36 Å². The predicted octanol–water partition coefficient (Wildman–Crippen LogP) is 4.62. The Morgan fingerprint density at radius 3 is 2.66 bits per heavy atom. The average Bonchev–Trinajstić information content (AvgIpc) is 3.36. The molecular formula is C23H27Cl2N3O4. The molecule has 2 aromatic rings. The molecule has 1 amide bonds. The lowest BCUT2D eigenvalue weighted by Crippen LogP contribution is -2.36. The smallest absolute Gasteiger partial charge is 0.410 e. The summed E-state index contributed by atoms with van der Waals surface area (Å²) >= 11 is 12.7. The van der Waals surface area contributed by atoms with Gasteiger partial charge in [0.25, 0.3) is 5.56 Å². The third kappa shape index (κ3) is 4.33. The van der Waals surface area contributed by atoms with Gasteiger partial charge in [-0.15, -0.1) is 0 Å². The van der Waals surface area contributed by atoms with E-state index >= 15 is 0 Å². The van der Waals surface area contributed by atoms with Crippen molar-refractivity contribution in [3.05, 3.63) is 55.7 Å². The van der Waals surface area contributed by atoms with Crippen LogP contribution in [0.1, 0.15) is 56.0 Å². The second-order valence-corrected chi connectivity index (χ2v) is 10.1. The molecule has 1 saturated heterocycles. The van der Waals surface area contributed by atoms with Crippen molar-refractivity contribution < 1.29 is 14.3 Å². The van der Waals surface area contributed by atoms with Crippen molar-refractivity contribution in [2.75, 3.05) is 20.2 Å². The summed E-state index contributed by atoms with van der Waals surface area (Å²) in [4.78, 5) is 32.0. The molecule has 4 rings (SSSR count). The summed E-state index contributed by atoms with van der Waals surface area (Å²) in [6.45, 7) is 6.48. The number of hydrogen-bond acceptors (Lipinski definition) is 5. The lowest BCUT2D eigenvalue weighted by molar-refractivity contribution is 0.0288. The predicted molar refractivity (Wildman–Crippen MR) is 123 cm³/mol. The number of benzene rings is 1. The number of hydrogen-bond donors (Lipinski definition) is 0. The topological polar surface area (TPSA) is 73.7 Å². The number of carbonyl (C=O) groups is 1. The van der Waals surface area contributed by atoms with Crippen LogP contribution < -0.4 is 10.3 Å². The second kappa shape index (κ2) is 8.60. The number of fused-ring (bicyclic) bond motifs is 1. The van der Waals surface area contributed by atoms with Gasteiger partial charge >= 0.3 is 6.09 Å². The van der Waals surface area contributed by atoms with Crippen molar-refractivity contribution in [2.24, 2.45) is 0 Å². The Balaban J connectivity index is 1.56. The molecule has 0 bridgehead atoms. The Hall–Kier alpha value is -2.25. The molecule has 172 valence electrons. The molecule has 1 fully saturated rings. The molecule has 9 heteroatoms. The summed E-state index contributed by atoms with van der Waals surface area (Å²) in [5.41, 5.74) is 1.65. The van der Waals surface area contributed by atoms with Gasteiger partial charge in [-0.1, -0.05) is 23.2 Å². The van der Waals surface area contributed by atoms with Gasteiger partial charge in [0.2, 0.25) is 0 Å². The van der Waals surface area contributed by atoms with Crippen molar-refractivity contribution in [3.8, 4) is 5.75 Å². The van der Waals surface area contributed by atoms with E-state index in [-0.39, 0.29) is 23.6 Å². The Morgan fingerprint density at radius 2 is 1.97 bits per heavy atom. The van der Waals surface area contributed by atoms with Gasteiger partial charge in [0.05, 0.1) is 35.2 Å². The molecule has 2 heterocycles. The quantitative estimate of drug-likeness (QED) is 0.641. The van der Waals surface area contributed by atoms with Crippen molar-refractivity contribution in [1.29, 1.82) is 0 Å². The molecule has 0 N–H and O–H groups in total. The molecule has 2 atom stereocenters. The van der Waals surface area contributed by atoms with E-state index in [1.807, 2.05) is 20.8 Å². The molecule has 0 spiro atoms. The molecule has 2 aliphatic rings. The lowest BCUT2D eigenvalue weighted by atomic mass is 9.95. The van der Waals surface area contributed by atoms with E-state index in [1.54, 1.807) is 35.0 Å². The van der Waals surface area contributed by atoms with Crippen molar-refractivity contribution in [3.63, 3.8) is 0 Å². The van der Waals surface area contributed by atoms with Crippen molar-refractivity contribution in [2.45, 2.75) is 57.6 Å². The number of likely N-dealkylation sites (tertiary alicyclic amines) is 1. The number of aromatic nitrogens is 2. The zero-order valence-corrected chi connectivity index (χ0v) is 20.2. The van der Waals surface area contributed by atoms with Crippen molar-refractivity contribution in [1.82, 2.24) is 14.5 Å². The van der Waals surface area contributed by atoms with Crippen LogP contribution >= 0.6 is 23.2 Å². The normalized spacial score (nSPS) is 20.4. The number of ether oxygens (including phenoxy) is 2. The molecular weight excluding hydrogens is 453 g/mol. The van der Waals surface area contributed by atoms with Gasteiger partial charge in [0.1, 0.15) is 11.4 Å². The summed E-state index contributed by atoms with van der Waals surface area (Å²) < 4.78 is 12.6. The number of nitrogens with zero attached hydrogens (tertiary/aromatic N) is 3. The molecule has 32 heavy (non-hydrogen) atoms. The van der Waals surface area contributed by atoms with Crippen LogP contribution in [-0.2, 0) is 17.6 Å². The average molecular weight is 480 g/mol. The van der Waals surface area contributed by atoms with Gasteiger partial charge in [-0.25, -0.2) is 9.78 Å². The zero-order chi connectivity index (χ0) is 23.2. The van der Waals surface area contributed by atoms with Crippen LogP contribution in [0.5, 0.6) is 5.75 Å². The summed E-state index contributed by atoms with van der Waals surface area (Å²) in [5, 5.41) is 0.907. The molecule has 1 unspecified atom stereocenters. The van der Waals surface area contributed by atoms with Gasteiger partial charge in [0, 0.05) is 24.2 Å². The molecule has 1 aliphatic heterocycles. The highest BCUT2D eigenvalue weighted by molar-refractivity contribution is 6.42. The summed E-state index contributed by atoms with van der Waals surface area (Å²) in [5.74, 6) is 0.616. The van der Waals surface area contributed by atoms with Crippen LogP contribution in [0.25, 0.3) is 0 Å². The maximum Gasteiger partial charge on any atom is 0.410 e. The molecule has 0 saturated carbocycles. The first kappa shape index (κ1) is 22.9. The first-order chi connectivity index (χ1) is 15.1. The van der Waals surface area contributed by atoms with E-state index in [1.165, 1.54) is 0 Å². The van der Waals surface area contributed by atoms with E-state index in [2.05, 4.69) is 4.98 Å². The largest absolute Gasteiger partial charge is 0.496 e. The van der Waals surface area contributed by atoms with Crippen molar-refractivity contribution >= 4 is 29.3 Å². The Morgan fingerprint density at radius 1 is 1.22 bits per heavy atom. The fourth-order valence-electron chi connectivity index (χ4n) is 4.51. The lowest BCUT2D eigenvalue weighted by Gasteiger charge is -2.24. The van der Waals surface area contributed by atoms with E-state index in [0.717, 1.165) is 11.3 Å². The van der Waals surface area contributed by atoms with Gasteiger partial charge in [0.15, 0.2) is 0 Å². The second-order valence-electron chi connectivity index (χ2n) is 9.33. The Kier molecular flexibility index (Phi) is 6.16. The third-order valence-electron chi connectivity index (χ3n) is 6.00. The fourth-order valence-corrected chi connectivity index (χ4v) is 4.98. The van der Waals surface area contributed by atoms with Crippen LogP contribution in [0.4, 0.5) is 4.79 Å². The van der Waals surface area contributed by atoms with Crippen LogP contribution in [0, 0.1) is 0 Å². The highest BCUT2D eigenvalue weighted by Gasteiger charge is 2.35. The third-order valence-corrected chi connectivity index (χ3v) is 6.82. The Labute approximate surface area is 197 Å². The highest BCUT2D eigenvalue weighted by Crippen LogP contribution is 2.43. The number of rotatable bonds is 3. The van der Waals surface area contributed by atoms with E-state index in [4.69, 9.17) is 32.7 Å². The highest BCUT2D eigenvalue weighted by atomic mass is 35.5. The molecule has 7 nitrogen and oxygen atoms in total. The molecule has 1 aromatic heterocycles. The van der Waals surface area contributed by atoms with E-state index in [9.17, 15) is 9.59 Å². The first-order valence-corrected chi connectivity index (χ1v) is 11.4. The zero-order valence-electron chi connectivity index (χ0n) is 18.7. The maximum atomic E-state index is 13.3. The fraction of sp³-hybridized carbons (Fsp3) is 0.522. The minimum Gasteiger partial charge on any atom is -0.496 e. The Bertz CT molecular complexity index is 1110. The summed E-state index contributed by atoms with van der Waals surface area (Å²) in [6, 6.07) is 3.37. The molecule has 0 radical (unpaired) electrons. The number of methoxy groups -OCH3 is 1. The van der Waals surface area contributed by atoms with Gasteiger partial charge < -0.3 is 14.4 Å². The van der Waals surface area contributed by atoms with E-state index < -0.39 is 5.60 Å². The number of halogens is 2. The number of carbonyl (C=O) groups excluding carboxylic acids is 1. The first-order valence-electron chi connectivity index (χ1n) is 10.7. The maximum absolute atomic E-state index is 13.3. The minimum atomic E-state index is -0.557. The molecule has 1 aliphatic carbocycles. The monoisotopic (exact) mass is 479 g/mol. The molecule has 1 aromatic carbocycles. The van der Waals surface area contributed by atoms with Crippen LogP contribution in [0.3, 0.4) is 0 Å². The standard InChI is InChI=1S/C23H27Cl2N3O4/c1-23(2,3)32-22(30)27-8-7-14(11-27)28-12-26-17-10-13(9-15(17)21(28)29)19-18(31-4)6-5-16(24)20(19)25/h5-6,12-14H,7-11H2,1-4H3/t13?,14-/m0/s1.